The fraction of sp³-hybridized carbons (Fsp3) is 0.500. The second-order valence-electron chi connectivity index (χ2n) is 6.12. The summed E-state index contributed by atoms with van der Waals surface area (Å²) in [6, 6.07) is 1.91. The Hall–Kier alpha value is -1.64. The molecule has 1 N–H and O–H groups in total. The number of fused-ring (bicyclic) bond motifs is 1. The molecule has 1 aliphatic heterocycles. The molecule has 0 radical (unpaired) electrons. The zero-order valence-corrected chi connectivity index (χ0v) is 12.9. The molecule has 1 aromatic rings. The normalized spacial score (nSPS) is 25.6. The Morgan fingerprint density at radius 1 is 1.33 bits per heavy atom. The van der Waals surface area contributed by atoms with Crippen molar-refractivity contribution in [1.82, 2.24) is 4.90 Å². The van der Waals surface area contributed by atoms with Gasteiger partial charge in [-0.15, -0.1) is 11.3 Å². The molecule has 2 fully saturated rings. The molecule has 0 spiro atoms. The zero-order chi connectivity index (χ0) is 15.2. The molecular formula is C16H17NO3S. The van der Waals surface area contributed by atoms with E-state index < -0.39 is 0 Å². The lowest BCUT2D eigenvalue weighted by Crippen LogP contribution is -2.35. The van der Waals surface area contributed by atoms with Crippen LogP contribution in [0.2, 0.25) is 0 Å². The van der Waals surface area contributed by atoms with Crippen LogP contribution in [0, 0.1) is 29.1 Å². The van der Waals surface area contributed by atoms with E-state index >= 15 is 0 Å². The van der Waals surface area contributed by atoms with Crippen LogP contribution >= 0.6 is 11.3 Å². The van der Waals surface area contributed by atoms with E-state index in [1.165, 1.54) is 16.2 Å². The highest BCUT2D eigenvalue weighted by Crippen LogP contribution is 2.63. The van der Waals surface area contributed by atoms with Crippen LogP contribution in [-0.4, -0.2) is 28.4 Å². The lowest BCUT2D eigenvalue weighted by atomic mass is 10.1. The molecule has 2 amide bonds. The first-order valence-electron chi connectivity index (χ1n) is 6.99. The molecule has 110 valence electrons. The number of imide groups is 1. The molecule has 21 heavy (non-hydrogen) atoms. The summed E-state index contributed by atoms with van der Waals surface area (Å²) < 4.78 is 0. The molecule has 2 unspecified atom stereocenters. The Morgan fingerprint density at radius 3 is 2.62 bits per heavy atom. The molecule has 0 bridgehead atoms. The topological polar surface area (TPSA) is 57.6 Å². The Labute approximate surface area is 127 Å². The monoisotopic (exact) mass is 303 g/mol. The van der Waals surface area contributed by atoms with E-state index in [1.807, 2.05) is 25.3 Å². The van der Waals surface area contributed by atoms with E-state index in [4.69, 9.17) is 5.11 Å². The number of thiophene rings is 1. The Balaban J connectivity index is 1.68. The molecule has 5 heteroatoms. The molecule has 2 heterocycles. The number of nitrogens with zero attached hydrogens (tertiary/aromatic N) is 1. The minimum absolute atomic E-state index is 0.0312. The molecule has 1 aromatic heterocycles. The number of rotatable bonds is 3. The summed E-state index contributed by atoms with van der Waals surface area (Å²) in [7, 11) is 0. The van der Waals surface area contributed by atoms with Gasteiger partial charge in [-0.3, -0.25) is 14.5 Å². The van der Waals surface area contributed by atoms with Crippen molar-refractivity contribution in [3.63, 3.8) is 0 Å². The molecule has 4 nitrogen and oxygen atoms in total. The maximum absolute atomic E-state index is 12.2. The van der Waals surface area contributed by atoms with Crippen LogP contribution in [0.15, 0.2) is 11.4 Å². The summed E-state index contributed by atoms with van der Waals surface area (Å²) in [4.78, 5) is 26.8. The third-order valence-electron chi connectivity index (χ3n) is 4.33. The molecule has 3 rings (SSSR count). The van der Waals surface area contributed by atoms with Crippen LogP contribution < -0.4 is 0 Å². The maximum atomic E-state index is 12.2. The van der Waals surface area contributed by atoms with Gasteiger partial charge < -0.3 is 5.11 Å². The summed E-state index contributed by atoms with van der Waals surface area (Å²) in [6.45, 7) is 4.37. The minimum atomic E-state index is -0.152. The average molecular weight is 303 g/mol. The largest absolute Gasteiger partial charge is 0.395 e. The van der Waals surface area contributed by atoms with Gasteiger partial charge in [0.1, 0.15) is 0 Å². The molecule has 1 saturated heterocycles. The van der Waals surface area contributed by atoms with Crippen LogP contribution in [0.5, 0.6) is 0 Å². The zero-order valence-electron chi connectivity index (χ0n) is 12.0. The average Bonchev–Trinajstić information content (AvgIpc) is 2.74. The SMILES string of the molecule is CC1(C)C2C(=O)N(Cc3cc(C#CCCO)cs3)C(=O)C21. The van der Waals surface area contributed by atoms with Crippen molar-refractivity contribution in [3.05, 3.63) is 21.9 Å². The Morgan fingerprint density at radius 2 is 2.00 bits per heavy atom. The van der Waals surface area contributed by atoms with Gasteiger partial charge in [0.2, 0.25) is 11.8 Å². The standard InChI is InChI=1S/C16H17NO3S/c1-16(2)12-13(16)15(20)17(14(12)19)8-11-7-10(9-21-11)5-3-4-6-18/h7,9,12-13,18H,4,6,8H2,1-2H3. The van der Waals surface area contributed by atoms with Crippen molar-refractivity contribution in [2.24, 2.45) is 17.3 Å². The molecular weight excluding hydrogens is 286 g/mol. The van der Waals surface area contributed by atoms with E-state index in [0.717, 1.165) is 10.4 Å². The molecule has 0 aromatic carbocycles. The fourth-order valence-electron chi connectivity index (χ4n) is 3.07. The number of amides is 2. The van der Waals surface area contributed by atoms with Gasteiger partial charge in [0.15, 0.2) is 0 Å². The third kappa shape index (κ3) is 2.29. The summed E-state index contributed by atoms with van der Waals surface area (Å²) in [5, 5.41) is 10.6. The van der Waals surface area contributed by atoms with Crippen molar-refractivity contribution in [2.75, 3.05) is 6.61 Å². The summed E-state index contributed by atoms with van der Waals surface area (Å²) >= 11 is 1.50. The second kappa shape index (κ2) is 4.97. The summed E-state index contributed by atoms with van der Waals surface area (Å²) in [6.07, 6.45) is 0.451. The fourth-order valence-corrected chi connectivity index (χ4v) is 3.87. The summed E-state index contributed by atoms with van der Waals surface area (Å²) in [5.74, 6) is 5.52. The first kappa shape index (κ1) is 14.3. The number of likely N-dealkylation sites (tertiary alicyclic amines) is 1. The van der Waals surface area contributed by atoms with Crippen LogP contribution in [0.3, 0.4) is 0 Å². The Bertz CT molecular complexity index is 641. The number of hydrogen-bond donors (Lipinski definition) is 1. The predicted molar refractivity (Wildman–Crippen MR) is 79.2 cm³/mol. The molecule has 1 saturated carbocycles. The number of aliphatic hydroxyl groups is 1. The van der Waals surface area contributed by atoms with Gasteiger partial charge in [-0.1, -0.05) is 25.7 Å². The number of aliphatic hydroxyl groups excluding tert-OH is 1. The quantitative estimate of drug-likeness (QED) is 0.682. The highest BCUT2D eigenvalue weighted by atomic mass is 32.1. The van der Waals surface area contributed by atoms with E-state index in [2.05, 4.69) is 11.8 Å². The van der Waals surface area contributed by atoms with Crippen molar-refractivity contribution < 1.29 is 14.7 Å². The van der Waals surface area contributed by atoms with Crippen molar-refractivity contribution >= 4 is 23.2 Å². The highest BCUT2D eigenvalue weighted by molar-refractivity contribution is 7.10. The minimum Gasteiger partial charge on any atom is -0.395 e. The Kier molecular flexibility index (Phi) is 3.39. The number of piperidine rings is 1. The van der Waals surface area contributed by atoms with Crippen molar-refractivity contribution in [3.8, 4) is 11.8 Å². The van der Waals surface area contributed by atoms with Gasteiger partial charge in [0, 0.05) is 22.2 Å². The smallest absolute Gasteiger partial charge is 0.234 e. The number of hydrogen-bond acceptors (Lipinski definition) is 4. The molecule has 2 atom stereocenters. The number of carbonyl (C=O) groups excluding carboxylic acids is 2. The van der Waals surface area contributed by atoms with Gasteiger partial charge in [-0.25, -0.2) is 0 Å². The van der Waals surface area contributed by atoms with E-state index in [1.54, 1.807) is 0 Å². The van der Waals surface area contributed by atoms with E-state index in [0.29, 0.717) is 13.0 Å². The molecule has 1 aliphatic carbocycles. The van der Waals surface area contributed by atoms with Gasteiger partial charge in [-0.2, -0.15) is 0 Å². The van der Waals surface area contributed by atoms with Gasteiger partial charge >= 0.3 is 0 Å². The predicted octanol–water partition coefficient (Wildman–Crippen LogP) is 1.62. The molecule has 2 aliphatic rings. The number of carbonyl (C=O) groups is 2. The first-order chi connectivity index (χ1) is 9.96. The summed E-state index contributed by atoms with van der Waals surface area (Å²) in [5.41, 5.74) is 0.717. The maximum Gasteiger partial charge on any atom is 0.234 e. The van der Waals surface area contributed by atoms with Crippen LogP contribution in [0.25, 0.3) is 0 Å². The van der Waals surface area contributed by atoms with Gasteiger partial charge in [0.05, 0.1) is 25.0 Å². The first-order valence-corrected chi connectivity index (χ1v) is 7.87. The lowest BCUT2D eigenvalue weighted by Gasteiger charge is -2.19. The van der Waals surface area contributed by atoms with E-state index in [-0.39, 0.29) is 35.7 Å². The van der Waals surface area contributed by atoms with Gasteiger partial charge in [-0.05, 0) is 11.5 Å². The van der Waals surface area contributed by atoms with Crippen LogP contribution in [0.1, 0.15) is 30.7 Å². The van der Waals surface area contributed by atoms with Crippen molar-refractivity contribution in [2.45, 2.75) is 26.8 Å². The van der Waals surface area contributed by atoms with Crippen LogP contribution in [0.4, 0.5) is 0 Å². The highest BCUT2D eigenvalue weighted by Gasteiger charge is 2.72. The van der Waals surface area contributed by atoms with E-state index in [9.17, 15) is 9.59 Å². The lowest BCUT2D eigenvalue weighted by molar-refractivity contribution is -0.143. The van der Waals surface area contributed by atoms with Gasteiger partial charge in [0.25, 0.3) is 0 Å². The van der Waals surface area contributed by atoms with Crippen molar-refractivity contribution in [1.29, 1.82) is 0 Å². The van der Waals surface area contributed by atoms with Crippen LogP contribution in [-0.2, 0) is 16.1 Å². The third-order valence-corrected chi connectivity index (χ3v) is 5.25. The second-order valence-corrected chi connectivity index (χ2v) is 7.11.